The minimum absolute atomic E-state index is 0.156. The van der Waals surface area contributed by atoms with E-state index in [1.165, 1.54) is 30.5 Å². The number of rotatable bonds is 7. The van der Waals surface area contributed by atoms with Gasteiger partial charge in [0.1, 0.15) is 0 Å². The molecule has 1 fully saturated rings. The Labute approximate surface area is 171 Å². The molecular weight excluding hydrogens is 405 g/mol. The van der Waals surface area contributed by atoms with Gasteiger partial charge in [-0.05, 0) is 0 Å². The van der Waals surface area contributed by atoms with E-state index in [2.05, 4.69) is 52.1 Å². The Hall–Kier alpha value is -1.20. The van der Waals surface area contributed by atoms with Crippen molar-refractivity contribution in [2.45, 2.75) is 64.7 Å². The Kier molecular flexibility index (Phi) is 7.10. The molecule has 0 aromatic heterocycles. The predicted octanol–water partition coefficient (Wildman–Crippen LogP) is 3.84. The Morgan fingerprint density at radius 3 is 2.33 bits per heavy atom. The van der Waals surface area contributed by atoms with Gasteiger partial charge in [-0.25, -0.2) is 0 Å². The summed E-state index contributed by atoms with van der Waals surface area (Å²) in [5.41, 5.74) is 2.28. The number of hydrogen-bond donors (Lipinski definition) is 0. The van der Waals surface area contributed by atoms with Crippen LogP contribution in [0.3, 0.4) is 0 Å². The third-order valence-corrected chi connectivity index (χ3v) is 5.88. The summed E-state index contributed by atoms with van der Waals surface area (Å²) in [6.45, 7) is 7.79. The summed E-state index contributed by atoms with van der Waals surface area (Å²) in [5, 5.41) is 0. The fraction of sp³-hybridized carbons (Fsp3) is 0.619. The summed E-state index contributed by atoms with van der Waals surface area (Å²) in [5.74, 6) is 0.918. The monoisotopic (exact) mass is 436 g/mol. The predicted molar refractivity (Wildman–Crippen MR) is 112 cm³/mol. The summed E-state index contributed by atoms with van der Waals surface area (Å²) in [6, 6.07) is 8.69. The van der Waals surface area contributed by atoms with Gasteiger partial charge in [0.15, 0.2) is 0 Å². The van der Waals surface area contributed by atoms with Crippen LogP contribution in [0.4, 0.5) is 5.69 Å². The van der Waals surface area contributed by atoms with Crippen molar-refractivity contribution in [3.63, 3.8) is 0 Å². The molecule has 1 aromatic rings. The number of nitrogens with zero attached hydrogens (tertiary/aromatic N) is 3. The van der Waals surface area contributed by atoms with Crippen LogP contribution in [0.1, 0.15) is 51.5 Å². The molecule has 2 aliphatic rings. The number of anilines is 1. The number of amidine groups is 2. The Morgan fingerprint density at radius 1 is 1.11 bits per heavy atom. The van der Waals surface area contributed by atoms with E-state index in [0.717, 1.165) is 23.4 Å². The second kappa shape index (κ2) is 9.33. The third-order valence-electron chi connectivity index (χ3n) is 5.31. The van der Waals surface area contributed by atoms with Crippen molar-refractivity contribution < 1.29 is 9.47 Å². The van der Waals surface area contributed by atoms with Gasteiger partial charge >= 0.3 is 171 Å². The number of aryl methyl sites for hydroxylation is 1. The normalized spacial score (nSPS) is 20.7. The summed E-state index contributed by atoms with van der Waals surface area (Å²) < 4.78 is 12.2. The second-order valence-corrected chi connectivity index (χ2v) is 7.93. The molecule has 1 saturated carbocycles. The van der Waals surface area contributed by atoms with Crippen LogP contribution in [-0.4, -0.2) is 58.2 Å². The fourth-order valence-corrected chi connectivity index (χ4v) is 4.80. The van der Waals surface area contributed by atoms with Crippen molar-refractivity contribution in [3.05, 3.63) is 29.8 Å². The topological polar surface area (TPSA) is 46.4 Å². The van der Waals surface area contributed by atoms with E-state index in [9.17, 15) is 0 Å². The van der Waals surface area contributed by atoms with Gasteiger partial charge in [0, 0.05) is 0 Å². The van der Waals surface area contributed by atoms with E-state index in [1.807, 2.05) is 13.8 Å². The first kappa shape index (κ1) is 20.5. The number of ether oxygens (including phenoxy) is 2. The molecule has 1 heterocycles. The first-order valence-electron chi connectivity index (χ1n) is 10.0. The second-order valence-electron chi connectivity index (χ2n) is 7.16. The van der Waals surface area contributed by atoms with E-state index in [0.29, 0.717) is 19.8 Å². The van der Waals surface area contributed by atoms with Crippen molar-refractivity contribution in [1.82, 2.24) is 0 Å². The van der Waals surface area contributed by atoms with Crippen molar-refractivity contribution in [1.29, 1.82) is 0 Å². The van der Waals surface area contributed by atoms with Gasteiger partial charge in [0.2, 0.25) is 0 Å². The molecule has 0 unspecified atom stereocenters. The first-order chi connectivity index (χ1) is 13.1. The maximum absolute atomic E-state index is 5.67. The molecule has 1 aliphatic carbocycles. The molecule has 0 atom stereocenters. The van der Waals surface area contributed by atoms with Gasteiger partial charge in [-0.2, -0.15) is 0 Å². The van der Waals surface area contributed by atoms with E-state index in [-0.39, 0.29) is 11.8 Å². The van der Waals surface area contributed by atoms with E-state index in [1.54, 1.807) is 0 Å². The van der Waals surface area contributed by atoms with E-state index < -0.39 is 0 Å². The maximum atomic E-state index is 5.67. The van der Waals surface area contributed by atoms with Crippen molar-refractivity contribution in [2.24, 2.45) is 9.98 Å². The van der Waals surface area contributed by atoms with Crippen LogP contribution in [0.25, 0.3) is 0 Å². The first-order valence-corrected chi connectivity index (χ1v) is 10.9. The Morgan fingerprint density at radius 2 is 1.74 bits per heavy atom. The number of hydrogen-bond acceptors (Lipinski definition) is 4. The van der Waals surface area contributed by atoms with Crippen LogP contribution in [-0.2, 0) is 9.47 Å². The number of benzene rings is 1. The summed E-state index contributed by atoms with van der Waals surface area (Å²) in [7, 11) is 0. The Balaban J connectivity index is 1.91. The molecule has 147 valence electrons. The van der Waals surface area contributed by atoms with Gasteiger partial charge in [-0.3, -0.25) is 0 Å². The number of aliphatic imine (C=N–C) groups is 2. The van der Waals surface area contributed by atoms with Crippen LogP contribution >= 0.6 is 0 Å². The van der Waals surface area contributed by atoms with Crippen LogP contribution in [0.15, 0.2) is 34.3 Å². The van der Waals surface area contributed by atoms with Crippen LogP contribution in [0.2, 0.25) is 0 Å². The van der Waals surface area contributed by atoms with E-state index in [4.69, 9.17) is 19.5 Å². The van der Waals surface area contributed by atoms with Gasteiger partial charge in [0.25, 0.3) is 0 Å². The average molecular weight is 435 g/mol. The third kappa shape index (κ3) is 4.45. The molecule has 0 N–H and O–H groups in total. The zero-order valence-electron chi connectivity index (χ0n) is 16.6. The molecule has 3 rings (SSSR count). The molecule has 0 saturated heterocycles. The van der Waals surface area contributed by atoms with Crippen molar-refractivity contribution in [2.75, 3.05) is 24.7 Å². The molecule has 1 aromatic carbocycles. The van der Waals surface area contributed by atoms with E-state index >= 15 is 0 Å². The molecular formula is C21H30N3O2Se. The average Bonchev–Trinajstić information content (AvgIpc) is 2.92. The summed E-state index contributed by atoms with van der Waals surface area (Å²) >= 11 is 3.17. The van der Waals surface area contributed by atoms with Gasteiger partial charge in [-0.15, -0.1) is 0 Å². The SMILES string of the molecule is CCOC(CN=C1N=C([Se])N(c2ccc(C)cc2)C12CCCCC2)OCC. The molecule has 5 nitrogen and oxygen atoms in total. The fourth-order valence-electron chi connectivity index (χ4n) is 4.03. The molecule has 1 aliphatic heterocycles. The Bertz CT molecular complexity index is 675. The quantitative estimate of drug-likeness (QED) is 0.483. The van der Waals surface area contributed by atoms with Crippen LogP contribution in [0, 0.1) is 6.92 Å². The summed E-state index contributed by atoms with van der Waals surface area (Å²) in [4.78, 5) is 12.1. The zero-order valence-corrected chi connectivity index (χ0v) is 18.3. The molecule has 1 spiro atoms. The van der Waals surface area contributed by atoms with Gasteiger partial charge < -0.3 is 0 Å². The molecule has 6 heteroatoms. The van der Waals surface area contributed by atoms with Crippen LogP contribution in [0.5, 0.6) is 0 Å². The standard InChI is InChI=1S/C21H30N3O2Se/c1-4-25-18(26-5-2)15-22-19-21(13-7-6-8-14-21)24(20(27)23-19)17-11-9-16(3)10-12-17/h9-12,18H,4-8,13-15H2,1-3H3. The zero-order chi connectivity index (χ0) is 19.3. The molecule has 0 amide bonds. The molecule has 0 bridgehead atoms. The molecule has 1 radical (unpaired) electrons. The van der Waals surface area contributed by atoms with Gasteiger partial charge in [0.05, 0.1) is 0 Å². The van der Waals surface area contributed by atoms with Gasteiger partial charge in [-0.1, -0.05) is 0 Å². The van der Waals surface area contributed by atoms with Crippen molar-refractivity contribution in [3.8, 4) is 0 Å². The van der Waals surface area contributed by atoms with Crippen molar-refractivity contribution >= 4 is 32.3 Å². The molecule has 27 heavy (non-hydrogen) atoms. The summed E-state index contributed by atoms with van der Waals surface area (Å²) in [6.07, 6.45) is 5.51. The minimum atomic E-state index is -0.305. The van der Waals surface area contributed by atoms with Crippen LogP contribution < -0.4 is 4.90 Å².